The molecule has 0 aliphatic carbocycles. The fraction of sp³-hybridized carbons (Fsp3) is 0. The summed E-state index contributed by atoms with van der Waals surface area (Å²) in [7, 11) is 0. The van der Waals surface area contributed by atoms with Gasteiger partial charge in [-0.15, -0.1) is 0 Å². The van der Waals surface area contributed by atoms with Gasteiger partial charge in [0.1, 0.15) is 11.6 Å². The molecule has 0 unspecified atom stereocenters. The van der Waals surface area contributed by atoms with E-state index in [2.05, 4.69) is 0 Å². The number of aldehydes is 1. The van der Waals surface area contributed by atoms with Gasteiger partial charge in [0.15, 0.2) is 12.1 Å². The summed E-state index contributed by atoms with van der Waals surface area (Å²) in [5.74, 6) is -0.737. The van der Waals surface area contributed by atoms with Crippen LogP contribution in [0.1, 0.15) is 15.9 Å². The van der Waals surface area contributed by atoms with Crippen molar-refractivity contribution >= 4 is 28.9 Å². The van der Waals surface area contributed by atoms with Crippen LogP contribution in [-0.2, 0) is 0 Å². The van der Waals surface area contributed by atoms with Crippen molar-refractivity contribution in [1.29, 1.82) is 5.26 Å². The molecule has 0 spiro atoms. The van der Waals surface area contributed by atoms with E-state index in [1.807, 2.05) is 22.6 Å². The zero-order valence-corrected chi connectivity index (χ0v) is 8.00. The second kappa shape index (κ2) is 3.63. The Morgan fingerprint density at radius 2 is 2.25 bits per heavy atom. The predicted octanol–water partition coefficient (Wildman–Crippen LogP) is 2.11. The monoisotopic (exact) mass is 275 g/mol. The van der Waals surface area contributed by atoms with Crippen molar-refractivity contribution in [2.45, 2.75) is 0 Å². The molecule has 0 saturated carbocycles. The number of benzene rings is 1. The molecule has 0 radical (unpaired) electrons. The summed E-state index contributed by atoms with van der Waals surface area (Å²) in [6, 6.07) is 4.58. The zero-order valence-electron chi connectivity index (χ0n) is 5.84. The number of hydrogen-bond donors (Lipinski definition) is 0. The van der Waals surface area contributed by atoms with E-state index >= 15 is 0 Å². The van der Waals surface area contributed by atoms with Crippen LogP contribution in [0.25, 0.3) is 0 Å². The molecule has 0 saturated heterocycles. The van der Waals surface area contributed by atoms with Crippen molar-refractivity contribution in [3.05, 3.63) is 32.6 Å². The van der Waals surface area contributed by atoms with E-state index in [-0.39, 0.29) is 11.1 Å². The molecule has 0 fully saturated rings. The van der Waals surface area contributed by atoms with E-state index in [0.717, 1.165) is 0 Å². The van der Waals surface area contributed by atoms with Crippen molar-refractivity contribution in [1.82, 2.24) is 0 Å². The first-order valence-corrected chi connectivity index (χ1v) is 4.12. The van der Waals surface area contributed by atoms with Crippen molar-refractivity contribution < 1.29 is 9.18 Å². The maximum absolute atomic E-state index is 13.1. The molecule has 0 atom stereocenters. The Morgan fingerprint density at radius 1 is 1.58 bits per heavy atom. The SMILES string of the molecule is N#Cc1c(I)ccc(C=O)c1F. The van der Waals surface area contributed by atoms with E-state index in [1.54, 1.807) is 6.07 Å². The molecule has 4 heteroatoms. The minimum absolute atomic E-state index is 0.0693. The van der Waals surface area contributed by atoms with Gasteiger partial charge in [0.25, 0.3) is 0 Å². The van der Waals surface area contributed by atoms with E-state index in [9.17, 15) is 9.18 Å². The smallest absolute Gasteiger partial charge is 0.153 e. The summed E-state index contributed by atoms with van der Waals surface area (Å²) in [4.78, 5) is 10.3. The molecule has 12 heavy (non-hydrogen) atoms. The summed E-state index contributed by atoms with van der Waals surface area (Å²) < 4.78 is 13.6. The first-order valence-electron chi connectivity index (χ1n) is 3.04. The number of hydrogen-bond acceptors (Lipinski definition) is 2. The molecule has 0 aromatic heterocycles. The van der Waals surface area contributed by atoms with Gasteiger partial charge in [-0.1, -0.05) is 0 Å². The van der Waals surface area contributed by atoms with Crippen molar-refractivity contribution in [2.75, 3.05) is 0 Å². The highest BCUT2D eigenvalue weighted by atomic mass is 127. The van der Waals surface area contributed by atoms with Crippen molar-refractivity contribution in [3.63, 3.8) is 0 Å². The van der Waals surface area contributed by atoms with Gasteiger partial charge >= 0.3 is 0 Å². The van der Waals surface area contributed by atoms with Crippen molar-refractivity contribution in [2.24, 2.45) is 0 Å². The van der Waals surface area contributed by atoms with Gasteiger partial charge in [0.05, 0.1) is 5.56 Å². The fourth-order valence-electron chi connectivity index (χ4n) is 0.762. The number of rotatable bonds is 1. The summed E-state index contributed by atoms with van der Waals surface area (Å²) in [6.45, 7) is 0. The lowest BCUT2D eigenvalue weighted by Gasteiger charge is -1.98. The Labute approximate surface area is 82.1 Å². The lowest BCUT2D eigenvalue weighted by molar-refractivity contribution is 0.111. The van der Waals surface area contributed by atoms with Gasteiger partial charge in [-0.2, -0.15) is 5.26 Å². The minimum atomic E-state index is -0.737. The first kappa shape index (κ1) is 9.13. The van der Waals surface area contributed by atoms with E-state index in [1.165, 1.54) is 12.1 Å². The average molecular weight is 275 g/mol. The molecule has 60 valence electrons. The minimum Gasteiger partial charge on any atom is -0.298 e. The maximum Gasteiger partial charge on any atom is 0.153 e. The number of nitriles is 1. The third-order valence-electron chi connectivity index (χ3n) is 1.36. The third-order valence-corrected chi connectivity index (χ3v) is 2.26. The van der Waals surface area contributed by atoms with Crippen LogP contribution in [0.2, 0.25) is 0 Å². The van der Waals surface area contributed by atoms with Gasteiger partial charge in [-0.25, -0.2) is 4.39 Å². The zero-order chi connectivity index (χ0) is 9.14. The molecule has 1 aromatic carbocycles. The quantitative estimate of drug-likeness (QED) is 0.581. The van der Waals surface area contributed by atoms with Crippen LogP contribution in [0.15, 0.2) is 12.1 Å². The van der Waals surface area contributed by atoms with E-state index in [4.69, 9.17) is 5.26 Å². The third kappa shape index (κ3) is 1.46. The van der Waals surface area contributed by atoms with Crippen LogP contribution in [0, 0.1) is 20.7 Å². The lowest BCUT2D eigenvalue weighted by atomic mass is 10.1. The normalized spacial score (nSPS) is 9.08. The summed E-state index contributed by atoms with van der Waals surface area (Å²) in [5, 5.41) is 8.51. The van der Waals surface area contributed by atoms with Crippen LogP contribution >= 0.6 is 22.6 Å². The Hall–Kier alpha value is -0.960. The fourth-order valence-corrected chi connectivity index (χ4v) is 1.30. The highest BCUT2D eigenvalue weighted by Gasteiger charge is 2.10. The van der Waals surface area contributed by atoms with Gasteiger partial charge in [0, 0.05) is 3.57 Å². The predicted molar refractivity (Wildman–Crippen MR) is 49.2 cm³/mol. The molecule has 1 rings (SSSR count). The molecule has 0 bridgehead atoms. The van der Waals surface area contributed by atoms with Crippen molar-refractivity contribution in [3.8, 4) is 6.07 Å². The molecule has 1 aromatic rings. The second-order valence-electron chi connectivity index (χ2n) is 2.06. The standard InChI is InChI=1S/C8H3FINO/c9-8-5(4-12)1-2-7(10)6(8)3-11/h1-2,4H. The molecule has 0 aliphatic rings. The van der Waals surface area contributed by atoms with Crippen LogP contribution in [0.5, 0.6) is 0 Å². The van der Waals surface area contributed by atoms with Crippen LogP contribution < -0.4 is 0 Å². The number of carbonyl (C=O) groups excluding carboxylic acids is 1. The van der Waals surface area contributed by atoms with Gasteiger partial charge in [-0.05, 0) is 34.7 Å². The van der Waals surface area contributed by atoms with Gasteiger partial charge in [-0.3, -0.25) is 4.79 Å². The number of carbonyl (C=O) groups is 1. The molecular weight excluding hydrogens is 272 g/mol. The molecule has 0 aliphatic heterocycles. The molecule has 2 nitrogen and oxygen atoms in total. The molecule has 0 N–H and O–H groups in total. The topological polar surface area (TPSA) is 40.9 Å². The maximum atomic E-state index is 13.1. The van der Waals surface area contributed by atoms with E-state index < -0.39 is 5.82 Å². The van der Waals surface area contributed by atoms with Gasteiger partial charge < -0.3 is 0 Å². The Morgan fingerprint density at radius 3 is 2.75 bits per heavy atom. The van der Waals surface area contributed by atoms with Crippen LogP contribution in [-0.4, -0.2) is 6.29 Å². The second-order valence-corrected chi connectivity index (χ2v) is 3.22. The van der Waals surface area contributed by atoms with Crippen LogP contribution in [0.4, 0.5) is 4.39 Å². The Balaban J connectivity index is 3.46. The number of halogens is 2. The largest absolute Gasteiger partial charge is 0.298 e. The average Bonchev–Trinajstić information content (AvgIpc) is 2.06. The summed E-state index contributed by atoms with van der Waals surface area (Å²) in [5.41, 5.74) is -0.146. The molecule has 0 amide bonds. The molecule has 0 heterocycles. The Kier molecular flexibility index (Phi) is 2.76. The highest BCUT2D eigenvalue weighted by molar-refractivity contribution is 14.1. The van der Waals surface area contributed by atoms with Crippen LogP contribution in [0.3, 0.4) is 0 Å². The highest BCUT2D eigenvalue weighted by Crippen LogP contribution is 2.17. The van der Waals surface area contributed by atoms with E-state index in [0.29, 0.717) is 9.86 Å². The number of nitrogens with zero attached hydrogens (tertiary/aromatic N) is 1. The molecular formula is C8H3FINO. The summed E-state index contributed by atoms with van der Waals surface area (Å²) >= 11 is 1.84. The Bertz CT molecular complexity index is 370. The van der Waals surface area contributed by atoms with Gasteiger partial charge in [0.2, 0.25) is 0 Å². The first-order chi connectivity index (χ1) is 5.70. The lowest BCUT2D eigenvalue weighted by Crippen LogP contribution is -1.94. The summed E-state index contributed by atoms with van der Waals surface area (Å²) in [6.07, 6.45) is 0.395.